The summed E-state index contributed by atoms with van der Waals surface area (Å²) in [6.45, 7) is 0.849. The fraction of sp³-hybridized carbons (Fsp3) is 0.500. The van der Waals surface area contributed by atoms with Crippen molar-refractivity contribution >= 4 is 10.9 Å². The highest BCUT2D eigenvalue weighted by atomic mass is 16.5. The Morgan fingerprint density at radius 1 is 1.50 bits per heavy atom. The van der Waals surface area contributed by atoms with Gasteiger partial charge >= 0.3 is 0 Å². The molecule has 2 N–H and O–H groups in total. The van der Waals surface area contributed by atoms with Gasteiger partial charge in [0.1, 0.15) is 0 Å². The van der Waals surface area contributed by atoms with Crippen LogP contribution in [0.15, 0.2) is 24.3 Å². The van der Waals surface area contributed by atoms with E-state index >= 15 is 0 Å². The zero-order valence-electron chi connectivity index (χ0n) is 10.7. The summed E-state index contributed by atoms with van der Waals surface area (Å²) in [6, 6.07) is 8.33. The molecule has 3 rings (SSSR count). The zero-order chi connectivity index (χ0) is 12.5. The lowest BCUT2D eigenvalue weighted by atomic mass is 10.0. The SMILES string of the molecule is Cn1nc(CC(N)C2CCCO2)c2ccccc21. The van der Waals surface area contributed by atoms with E-state index in [1.165, 1.54) is 5.39 Å². The number of aryl methyl sites for hydroxylation is 1. The number of hydrogen-bond donors (Lipinski definition) is 1. The summed E-state index contributed by atoms with van der Waals surface area (Å²) >= 11 is 0. The van der Waals surface area contributed by atoms with Gasteiger partial charge < -0.3 is 10.5 Å². The Balaban J connectivity index is 1.86. The van der Waals surface area contributed by atoms with Gasteiger partial charge in [0.15, 0.2) is 0 Å². The molecule has 2 aromatic rings. The summed E-state index contributed by atoms with van der Waals surface area (Å²) in [5.74, 6) is 0. The third-order valence-electron chi connectivity index (χ3n) is 3.71. The van der Waals surface area contributed by atoms with Gasteiger partial charge in [-0.25, -0.2) is 0 Å². The third kappa shape index (κ3) is 2.02. The van der Waals surface area contributed by atoms with Gasteiger partial charge in [-0.05, 0) is 18.9 Å². The minimum atomic E-state index is 0.0470. The maximum Gasteiger partial charge on any atom is 0.0730 e. The number of aromatic nitrogens is 2. The van der Waals surface area contributed by atoms with Gasteiger partial charge in [0.2, 0.25) is 0 Å². The molecule has 2 heterocycles. The van der Waals surface area contributed by atoms with Gasteiger partial charge in [0.25, 0.3) is 0 Å². The van der Waals surface area contributed by atoms with Crippen LogP contribution >= 0.6 is 0 Å². The average molecular weight is 245 g/mol. The quantitative estimate of drug-likeness (QED) is 0.894. The van der Waals surface area contributed by atoms with E-state index in [9.17, 15) is 0 Å². The van der Waals surface area contributed by atoms with Crippen LogP contribution < -0.4 is 5.73 Å². The molecule has 2 atom stereocenters. The Kier molecular flexibility index (Phi) is 3.06. The lowest BCUT2D eigenvalue weighted by Gasteiger charge is -2.17. The lowest BCUT2D eigenvalue weighted by Crippen LogP contribution is -2.36. The molecular formula is C14H19N3O. The summed E-state index contributed by atoms with van der Waals surface area (Å²) in [5, 5.41) is 5.78. The second kappa shape index (κ2) is 4.71. The Labute approximate surface area is 107 Å². The number of nitrogens with two attached hydrogens (primary N) is 1. The van der Waals surface area contributed by atoms with E-state index < -0.39 is 0 Å². The van der Waals surface area contributed by atoms with Gasteiger partial charge in [-0.1, -0.05) is 18.2 Å². The van der Waals surface area contributed by atoms with Crippen LogP contribution in [0.5, 0.6) is 0 Å². The molecule has 96 valence electrons. The number of hydrogen-bond acceptors (Lipinski definition) is 3. The van der Waals surface area contributed by atoms with Crippen molar-refractivity contribution in [1.82, 2.24) is 9.78 Å². The second-order valence-electron chi connectivity index (χ2n) is 5.01. The molecule has 0 aliphatic carbocycles. The van der Waals surface area contributed by atoms with Crippen LogP contribution in [-0.4, -0.2) is 28.5 Å². The lowest BCUT2D eigenvalue weighted by molar-refractivity contribution is 0.0898. The molecule has 0 spiro atoms. The molecule has 2 unspecified atom stereocenters. The van der Waals surface area contributed by atoms with E-state index in [2.05, 4.69) is 17.2 Å². The van der Waals surface area contributed by atoms with Crippen molar-refractivity contribution in [2.45, 2.75) is 31.4 Å². The number of para-hydroxylation sites is 1. The van der Waals surface area contributed by atoms with Crippen molar-refractivity contribution in [3.8, 4) is 0 Å². The second-order valence-corrected chi connectivity index (χ2v) is 5.01. The van der Waals surface area contributed by atoms with Crippen LogP contribution in [0.2, 0.25) is 0 Å². The Hall–Kier alpha value is -1.39. The summed E-state index contributed by atoms with van der Waals surface area (Å²) < 4.78 is 7.57. The molecule has 4 nitrogen and oxygen atoms in total. The largest absolute Gasteiger partial charge is 0.377 e. The Bertz CT molecular complexity index is 543. The van der Waals surface area contributed by atoms with Crippen molar-refractivity contribution in [3.63, 3.8) is 0 Å². The molecule has 1 aromatic carbocycles. The van der Waals surface area contributed by atoms with Gasteiger partial charge in [0, 0.05) is 31.5 Å². The maximum absolute atomic E-state index is 6.24. The average Bonchev–Trinajstić information content (AvgIpc) is 3.00. The molecule has 1 saturated heterocycles. The minimum Gasteiger partial charge on any atom is -0.377 e. The number of ether oxygens (including phenoxy) is 1. The van der Waals surface area contributed by atoms with Gasteiger partial charge in [0.05, 0.1) is 17.3 Å². The molecule has 0 amide bonds. The highest BCUT2D eigenvalue weighted by Crippen LogP contribution is 2.21. The van der Waals surface area contributed by atoms with Crippen molar-refractivity contribution in [3.05, 3.63) is 30.0 Å². The van der Waals surface area contributed by atoms with Crippen LogP contribution in [0.4, 0.5) is 0 Å². The molecule has 0 bridgehead atoms. The topological polar surface area (TPSA) is 53.1 Å². The van der Waals surface area contributed by atoms with E-state index in [0.717, 1.165) is 37.1 Å². The molecule has 4 heteroatoms. The van der Waals surface area contributed by atoms with Crippen LogP contribution in [0.1, 0.15) is 18.5 Å². The first kappa shape index (κ1) is 11.7. The molecular weight excluding hydrogens is 226 g/mol. The summed E-state index contributed by atoms with van der Waals surface area (Å²) in [4.78, 5) is 0. The van der Waals surface area contributed by atoms with Crippen molar-refractivity contribution in [2.24, 2.45) is 12.8 Å². The monoisotopic (exact) mass is 245 g/mol. The van der Waals surface area contributed by atoms with E-state index in [0.29, 0.717) is 0 Å². The van der Waals surface area contributed by atoms with Crippen LogP contribution in [-0.2, 0) is 18.2 Å². The molecule has 0 saturated carbocycles. The number of rotatable bonds is 3. The molecule has 1 aliphatic heterocycles. The normalized spacial score (nSPS) is 21.6. The summed E-state index contributed by atoms with van der Waals surface area (Å²) in [6.07, 6.45) is 3.19. The minimum absolute atomic E-state index is 0.0470. The number of nitrogens with zero attached hydrogens (tertiary/aromatic N) is 2. The van der Waals surface area contributed by atoms with Crippen LogP contribution in [0, 0.1) is 0 Å². The van der Waals surface area contributed by atoms with Crippen molar-refractivity contribution in [2.75, 3.05) is 6.61 Å². The standard InChI is InChI=1S/C14H19N3O/c1-17-13-6-3-2-5-10(13)12(16-17)9-11(15)14-7-4-8-18-14/h2-3,5-6,11,14H,4,7-9,15H2,1H3. The Morgan fingerprint density at radius 3 is 3.11 bits per heavy atom. The summed E-state index contributed by atoms with van der Waals surface area (Å²) in [5.41, 5.74) is 8.48. The van der Waals surface area contributed by atoms with Crippen LogP contribution in [0.3, 0.4) is 0 Å². The molecule has 1 fully saturated rings. The molecule has 1 aliphatic rings. The van der Waals surface area contributed by atoms with Crippen molar-refractivity contribution in [1.29, 1.82) is 0 Å². The maximum atomic E-state index is 6.24. The van der Waals surface area contributed by atoms with Crippen molar-refractivity contribution < 1.29 is 4.74 Å². The van der Waals surface area contributed by atoms with Gasteiger partial charge in [-0.2, -0.15) is 5.10 Å². The zero-order valence-corrected chi connectivity index (χ0v) is 10.7. The third-order valence-corrected chi connectivity index (χ3v) is 3.71. The fourth-order valence-corrected chi connectivity index (χ4v) is 2.73. The first-order valence-electron chi connectivity index (χ1n) is 6.53. The van der Waals surface area contributed by atoms with Gasteiger partial charge in [-0.15, -0.1) is 0 Å². The molecule has 1 aromatic heterocycles. The Morgan fingerprint density at radius 2 is 2.33 bits per heavy atom. The predicted octanol–water partition coefficient (Wildman–Crippen LogP) is 1.62. The first-order valence-corrected chi connectivity index (χ1v) is 6.53. The van der Waals surface area contributed by atoms with E-state index in [1.807, 2.05) is 23.9 Å². The predicted molar refractivity (Wildman–Crippen MR) is 71.4 cm³/mol. The number of fused-ring (bicyclic) bond motifs is 1. The van der Waals surface area contributed by atoms with E-state index in [4.69, 9.17) is 10.5 Å². The highest BCUT2D eigenvalue weighted by molar-refractivity contribution is 5.81. The van der Waals surface area contributed by atoms with E-state index in [-0.39, 0.29) is 12.1 Å². The first-order chi connectivity index (χ1) is 8.75. The molecule has 18 heavy (non-hydrogen) atoms. The van der Waals surface area contributed by atoms with E-state index in [1.54, 1.807) is 0 Å². The van der Waals surface area contributed by atoms with Crippen LogP contribution in [0.25, 0.3) is 10.9 Å². The summed E-state index contributed by atoms with van der Waals surface area (Å²) in [7, 11) is 1.98. The van der Waals surface area contributed by atoms with Gasteiger partial charge in [-0.3, -0.25) is 4.68 Å². The highest BCUT2D eigenvalue weighted by Gasteiger charge is 2.24. The molecule has 0 radical (unpaired) electrons. The fourth-order valence-electron chi connectivity index (χ4n) is 2.73. The number of benzene rings is 1. The smallest absolute Gasteiger partial charge is 0.0730 e.